The molecular formula is C24H16F5N3O3S. The molecule has 0 amide bonds. The van der Waals surface area contributed by atoms with Gasteiger partial charge in [-0.05, 0) is 66.8 Å². The Labute approximate surface area is 201 Å². The van der Waals surface area contributed by atoms with Crippen LogP contribution in [0.25, 0.3) is 11.0 Å². The SMILES string of the molecule is O=C(c1c(F)ccc(NS(=O)(=O)c2ccc(C(F)(F)F)cc2)c1F)c1c[nH]c2ncc(C3CC3)cc12. The van der Waals surface area contributed by atoms with Crippen molar-refractivity contribution in [1.82, 2.24) is 9.97 Å². The second-order valence-corrected chi connectivity index (χ2v) is 10.1. The number of ketones is 1. The summed E-state index contributed by atoms with van der Waals surface area (Å²) in [6.45, 7) is 0. The van der Waals surface area contributed by atoms with Gasteiger partial charge in [-0.2, -0.15) is 13.2 Å². The Bertz CT molecular complexity index is 1610. The minimum Gasteiger partial charge on any atom is -0.345 e. The lowest BCUT2D eigenvalue weighted by atomic mass is 10.0. The van der Waals surface area contributed by atoms with Gasteiger partial charge in [0, 0.05) is 23.3 Å². The van der Waals surface area contributed by atoms with Crippen LogP contribution in [0.3, 0.4) is 0 Å². The van der Waals surface area contributed by atoms with E-state index in [1.54, 1.807) is 12.3 Å². The van der Waals surface area contributed by atoms with Crippen molar-refractivity contribution in [2.24, 2.45) is 0 Å². The van der Waals surface area contributed by atoms with E-state index in [1.165, 1.54) is 6.20 Å². The van der Waals surface area contributed by atoms with E-state index in [9.17, 15) is 30.8 Å². The van der Waals surface area contributed by atoms with E-state index in [-0.39, 0.29) is 5.56 Å². The van der Waals surface area contributed by atoms with Crippen LogP contribution in [-0.2, 0) is 16.2 Å². The van der Waals surface area contributed by atoms with Crippen molar-refractivity contribution in [2.45, 2.75) is 29.8 Å². The van der Waals surface area contributed by atoms with Gasteiger partial charge in [-0.3, -0.25) is 9.52 Å². The number of anilines is 1. The first kappa shape index (κ1) is 23.9. The van der Waals surface area contributed by atoms with Crippen LogP contribution in [0.2, 0.25) is 0 Å². The number of H-pyrrole nitrogens is 1. The maximum atomic E-state index is 15.3. The Hall–Kier alpha value is -3.80. The molecule has 2 N–H and O–H groups in total. The smallest absolute Gasteiger partial charge is 0.345 e. The molecule has 2 heterocycles. The van der Waals surface area contributed by atoms with Gasteiger partial charge in [-0.25, -0.2) is 22.2 Å². The molecule has 6 nitrogen and oxygen atoms in total. The van der Waals surface area contributed by atoms with Crippen LogP contribution in [-0.4, -0.2) is 24.2 Å². The van der Waals surface area contributed by atoms with E-state index >= 15 is 4.39 Å². The van der Waals surface area contributed by atoms with Crippen LogP contribution in [0.1, 0.15) is 45.8 Å². The molecular weight excluding hydrogens is 505 g/mol. The van der Waals surface area contributed by atoms with Gasteiger partial charge < -0.3 is 4.98 Å². The molecule has 1 aliphatic carbocycles. The fourth-order valence-corrected chi connectivity index (χ4v) is 4.91. The quantitative estimate of drug-likeness (QED) is 0.249. The number of fused-ring (bicyclic) bond motifs is 1. The molecule has 0 bridgehead atoms. The molecule has 0 radical (unpaired) electrons. The number of benzene rings is 2. The van der Waals surface area contributed by atoms with Gasteiger partial charge in [-0.15, -0.1) is 0 Å². The average Bonchev–Trinajstić information content (AvgIpc) is 3.59. The summed E-state index contributed by atoms with van der Waals surface area (Å²) in [5.74, 6) is -3.38. The molecule has 0 saturated heterocycles. The Morgan fingerprint density at radius 3 is 2.39 bits per heavy atom. The zero-order chi connectivity index (χ0) is 25.8. The summed E-state index contributed by atoms with van der Waals surface area (Å²) >= 11 is 0. The van der Waals surface area contributed by atoms with Gasteiger partial charge in [0.2, 0.25) is 5.78 Å². The molecule has 1 fully saturated rings. The number of carbonyl (C=O) groups excluding carboxylic acids is 1. The van der Waals surface area contributed by atoms with E-state index < -0.39 is 55.3 Å². The maximum Gasteiger partial charge on any atom is 0.416 e. The highest BCUT2D eigenvalue weighted by Gasteiger charge is 2.31. The molecule has 12 heteroatoms. The molecule has 2 aromatic carbocycles. The average molecular weight is 521 g/mol. The van der Waals surface area contributed by atoms with Gasteiger partial charge >= 0.3 is 6.18 Å². The minimum absolute atomic E-state index is 0.0412. The molecule has 0 aliphatic heterocycles. The van der Waals surface area contributed by atoms with Crippen LogP contribution >= 0.6 is 0 Å². The number of rotatable bonds is 6. The minimum atomic E-state index is -4.68. The van der Waals surface area contributed by atoms with Gasteiger partial charge in [-0.1, -0.05) is 0 Å². The van der Waals surface area contributed by atoms with E-state index in [2.05, 4.69) is 9.97 Å². The summed E-state index contributed by atoms with van der Waals surface area (Å²) in [4.78, 5) is 19.6. The number of pyridine rings is 1. The lowest BCUT2D eigenvalue weighted by Gasteiger charge is -2.13. The van der Waals surface area contributed by atoms with E-state index in [0.717, 1.165) is 30.5 Å². The summed E-state index contributed by atoms with van der Waals surface area (Å²) < 4.78 is 95.4. The third kappa shape index (κ3) is 4.32. The first-order valence-corrected chi connectivity index (χ1v) is 12.1. The molecule has 2 aromatic heterocycles. The number of nitrogens with one attached hydrogen (secondary N) is 2. The normalized spacial score (nSPS) is 14.2. The Morgan fingerprint density at radius 2 is 1.75 bits per heavy atom. The van der Waals surface area contributed by atoms with E-state index in [1.807, 2.05) is 4.72 Å². The van der Waals surface area contributed by atoms with Gasteiger partial charge in [0.25, 0.3) is 10.0 Å². The molecule has 1 saturated carbocycles. The summed E-state index contributed by atoms with van der Waals surface area (Å²) in [5.41, 5.74) is -1.59. The summed E-state index contributed by atoms with van der Waals surface area (Å²) in [5, 5.41) is 0.374. The second-order valence-electron chi connectivity index (χ2n) is 8.38. The van der Waals surface area contributed by atoms with E-state index in [4.69, 9.17) is 0 Å². The standard InChI is InChI=1S/C24H16F5N3O3S/c25-18-7-8-19(32-36(34,35)15-5-3-14(4-6-15)24(27,28)29)21(26)20(18)22(33)17-11-31-23-16(17)9-13(10-30-23)12-1-2-12/h3-12,32H,1-2H2,(H,30,31). The number of aromatic amines is 1. The molecule has 0 spiro atoms. The van der Waals surface area contributed by atoms with Crippen molar-refractivity contribution in [3.05, 3.63) is 88.7 Å². The largest absolute Gasteiger partial charge is 0.416 e. The fourth-order valence-electron chi connectivity index (χ4n) is 3.85. The lowest BCUT2D eigenvalue weighted by molar-refractivity contribution is -0.137. The number of aromatic nitrogens is 2. The van der Waals surface area contributed by atoms with E-state index in [0.29, 0.717) is 41.2 Å². The Balaban J connectivity index is 1.49. The first-order valence-electron chi connectivity index (χ1n) is 10.7. The molecule has 186 valence electrons. The highest BCUT2D eigenvalue weighted by atomic mass is 32.2. The predicted octanol–water partition coefficient (Wildman–Crippen LogP) is 5.77. The van der Waals surface area contributed by atoms with Crippen molar-refractivity contribution >= 4 is 32.5 Å². The number of alkyl halides is 3. The van der Waals surface area contributed by atoms with Crippen LogP contribution < -0.4 is 4.72 Å². The van der Waals surface area contributed by atoms with Crippen molar-refractivity contribution in [2.75, 3.05) is 4.72 Å². The number of carbonyl (C=O) groups is 1. The molecule has 0 atom stereocenters. The number of sulfonamides is 1. The van der Waals surface area contributed by atoms with Crippen LogP contribution in [0.4, 0.5) is 27.6 Å². The lowest BCUT2D eigenvalue weighted by Crippen LogP contribution is -2.17. The summed E-state index contributed by atoms with van der Waals surface area (Å²) in [7, 11) is -4.56. The summed E-state index contributed by atoms with van der Waals surface area (Å²) in [6, 6.07) is 5.77. The molecule has 0 unspecified atom stereocenters. The fraction of sp³-hybridized carbons (Fsp3) is 0.167. The summed E-state index contributed by atoms with van der Waals surface area (Å²) in [6.07, 6.45) is 0.221. The molecule has 1 aliphatic rings. The van der Waals surface area contributed by atoms with Crippen molar-refractivity contribution < 1.29 is 35.2 Å². The van der Waals surface area contributed by atoms with Crippen molar-refractivity contribution in [1.29, 1.82) is 0 Å². The monoisotopic (exact) mass is 521 g/mol. The molecule has 5 rings (SSSR count). The first-order chi connectivity index (χ1) is 17.0. The predicted molar refractivity (Wildman–Crippen MR) is 120 cm³/mol. The zero-order valence-electron chi connectivity index (χ0n) is 18.2. The highest BCUT2D eigenvalue weighted by Crippen LogP contribution is 2.41. The van der Waals surface area contributed by atoms with Gasteiger partial charge in [0.15, 0.2) is 5.82 Å². The zero-order valence-corrected chi connectivity index (χ0v) is 19.0. The molecule has 36 heavy (non-hydrogen) atoms. The topological polar surface area (TPSA) is 91.9 Å². The maximum absolute atomic E-state index is 15.3. The van der Waals surface area contributed by atoms with Crippen molar-refractivity contribution in [3.8, 4) is 0 Å². The van der Waals surface area contributed by atoms with Crippen LogP contribution in [0.5, 0.6) is 0 Å². The van der Waals surface area contributed by atoms with Crippen LogP contribution in [0, 0.1) is 11.6 Å². The second kappa shape index (κ2) is 8.40. The number of nitrogens with zero attached hydrogens (tertiary/aromatic N) is 1. The Morgan fingerprint density at radius 1 is 1.06 bits per heavy atom. The van der Waals surface area contributed by atoms with Crippen LogP contribution in [0.15, 0.2) is 59.8 Å². The number of hydrogen-bond acceptors (Lipinski definition) is 4. The van der Waals surface area contributed by atoms with Gasteiger partial charge in [0.05, 0.1) is 21.7 Å². The molecule has 4 aromatic rings. The van der Waals surface area contributed by atoms with Gasteiger partial charge in [0.1, 0.15) is 11.5 Å². The number of halogens is 5. The third-order valence-corrected chi connectivity index (χ3v) is 7.28. The van der Waals surface area contributed by atoms with Crippen molar-refractivity contribution in [3.63, 3.8) is 0 Å². The Kier molecular flexibility index (Phi) is 5.58. The third-order valence-electron chi connectivity index (χ3n) is 5.90. The highest BCUT2D eigenvalue weighted by molar-refractivity contribution is 7.92. The number of hydrogen-bond donors (Lipinski definition) is 2.